The number of nitrogens with zero attached hydrogens (tertiary/aromatic N) is 2. The maximum Gasteiger partial charge on any atom is 0.253 e. The van der Waals surface area contributed by atoms with E-state index in [0.29, 0.717) is 5.69 Å². The summed E-state index contributed by atoms with van der Waals surface area (Å²) in [7, 11) is -4.39. The van der Waals surface area contributed by atoms with Crippen LogP contribution in [0.5, 0.6) is 0 Å². The molecular weight excluding hydrogens is 376 g/mol. The predicted octanol–water partition coefficient (Wildman–Crippen LogP) is 2.17. The fourth-order valence-electron chi connectivity index (χ4n) is 2.47. The van der Waals surface area contributed by atoms with E-state index in [9.17, 15) is 22.0 Å². The van der Waals surface area contributed by atoms with Crippen molar-refractivity contribution in [3.05, 3.63) is 82.9 Å². The molecule has 6 nitrogen and oxygen atoms in total. The van der Waals surface area contributed by atoms with E-state index in [1.165, 1.54) is 17.0 Å². The van der Waals surface area contributed by atoms with E-state index in [0.717, 1.165) is 23.8 Å². The number of benzene rings is 2. The first-order valence-electron chi connectivity index (χ1n) is 7.94. The second-order valence-corrected chi connectivity index (χ2v) is 7.32. The summed E-state index contributed by atoms with van der Waals surface area (Å²) in [4.78, 5) is 15.3. The minimum absolute atomic E-state index is 0.0454. The smallest absolute Gasteiger partial charge is 0.253 e. The van der Waals surface area contributed by atoms with Gasteiger partial charge in [0.15, 0.2) is 4.90 Å². The van der Waals surface area contributed by atoms with E-state index in [-0.39, 0.29) is 18.6 Å². The van der Waals surface area contributed by atoms with Gasteiger partial charge in [0.2, 0.25) is 10.0 Å². The van der Waals surface area contributed by atoms with Crippen LogP contribution in [0.4, 0.5) is 8.78 Å². The van der Waals surface area contributed by atoms with Crippen molar-refractivity contribution in [1.29, 1.82) is 0 Å². The predicted molar refractivity (Wildman–Crippen MR) is 95.5 cm³/mol. The average molecular weight is 391 g/mol. The molecule has 140 valence electrons. The Morgan fingerprint density at radius 1 is 1.00 bits per heavy atom. The quantitative estimate of drug-likeness (QED) is 0.698. The molecule has 0 spiro atoms. The molecule has 9 heteroatoms. The molecule has 0 saturated heterocycles. The van der Waals surface area contributed by atoms with Crippen LogP contribution >= 0.6 is 0 Å². The van der Waals surface area contributed by atoms with Gasteiger partial charge in [0.1, 0.15) is 11.6 Å². The zero-order chi connectivity index (χ0) is 19.4. The van der Waals surface area contributed by atoms with Crippen molar-refractivity contribution < 1.29 is 17.2 Å². The number of rotatable bonds is 6. The zero-order valence-corrected chi connectivity index (χ0v) is 14.8. The van der Waals surface area contributed by atoms with Gasteiger partial charge in [-0.1, -0.05) is 36.4 Å². The molecule has 0 aliphatic heterocycles. The normalized spacial score (nSPS) is 11.5. The summed E-state index contributed by atoms with van der Waals surface area (Å²) in [6, 6.07) is 13.2. The Bertz CT molecular complexity index is 1100. The lowest BCUT2D eigenvalue weighted by atomic mass is 10.1. The molecule has 27 heavy (non-hydrogen) atoms. The maximum absolute atomic E-state index is 13.6. The largest absolute Gasteiger partial charge is 0.298 e. The molecule has 1 heterocycles. The summed E-state index contributed by atoms with van der Waals surface area (Å²) in [6.45, 7) is -0.279. The molecule has 0 amide bonds. The van der Waals surface area contributed by atoms with Gasteiger partial charge in [-0.05, 0) is 12.1 Å². The topological polar surface area (TPSA) is 81.1 Å². The molecule has 3 aromatic rings. The Morgan fingerprint density at radius 3 is 2.30 bits per heavy atom. The fourth-order valence-corrected chi connectivity index (χ4v) is 3.63. The summed E-state index contributed by atoms with van der Waals surface area (Å²) in [6.07, 6.45) is 1.29. The number of halogens is 2. The molecule has 0 saturated carbocycles. The van der Waals surface area contributed by atoms with Crippen LogP contribution in [0.15, 0.2) is 70.6 Å². The van der Waals surface area contributed by atoms with E-state index >= 15 is 0 Å². The van der Waals surface area contributed by atoms with Crippen LogP contribution in [0.25, 0.3) is 11.3 Å². The lowest BCUT2D eigenvalue weighted by molar-refractivity contribution is 0.511. The number of hydrogen-bond acceptors (Lipinski definition) is 4. The van der Waals surface area contributed by atoms with Gasteiger partial charge in [-0.25, -0.2) is 26.9 Å². The molecule has 0 aliphatic carbocycles. The minimum Gasteiger partial charge on any atom is -0.298 e. The van der Waals surface area contributed by atoms with Crippen molar-refractivity contribution in [2.45, 2.75) is 11.4 Å². The van der Waals surface area contributed by atoms with Gasteiger partial charge in [-0.15, -0.1) is 0 Å². The summed E-state index contributed by atoms with van der Waals surface area (Å²) >= 11 is 0. The maximum atomic E-state index is 13.6. The lowest BCUT2D eigenvalue weighted by Gasteiger charge is -2.10. The second-order valence-electron chi connectivity index (χ2n) is 5.62. The standard InChI is InChI=1S/C18H15F2N3O3S/c19-14-7-4-8-15(20)18(14)27(25,26)22-9-10-23-12-21-16(11-17(23)24)13-5-2-1-3-6-13/h1-8,11-12,22H,9-10H2. The van der Waals surface area contributed by atoms with Crippen molar-refractivity contribution in [2.75, 3.05) is 6.54 Å². The third-order valence-electron chi connectivity index (χ3n) is 3.78. The third-order valence-corrected chi connectivity index (χ3v) is 5.29. The Morgan fingerprint density at radius 2 is 1.67 bits per heavy atom. The molecule has 1 N–H and O–H groups in total. The minimum atomic E-state index is -4.39. The van der Waals surface area contributed by atoms with Gasteiger partial charge in [-0.2, -0.15) is 0 Å². The first kappa shape index (κ1) is 18.9. The highest BCUT2D eigenvalue weighted by atomic mass is 32.2. The van der Waals surface area contributed by atoms with Crippen molar-refractivity contribution in [1.82, 2.24) is 14.3 Å². The highest BCUT2D eigenvalue weighted by molar-refractivity contribution is 7.89. The van der Waals surface area contributed by atoms with Gasteiger partial charge >= 0.3 is 0 Å². The number of nitrogens with one attached hydrogen (secondary N) is 1. The van der Waals surface area contributed by atoms with Crippen LogP contribution in [-0.2, 0) is 16.6 Å². The summed E-state index contributed by atoms with van der Waals surface area (Å²) in [5.74, 6) is -2.37. The van der Waals surface area contributed by atoms with Gasteiger partial charge < -0.3 is 0 Å². The van der Waals surface area contributed by atoms with E-state index in [1.54, 1.807) is 0 Å². The summed E-state index contributed by atoms with van der Waals surface area (Å²) in [5.41, 5.74) is 0.892. The van der Waals surface area contributed by atoms with E-state index in [1.807, 2.05) is 30.3 Å². The van der Waals surface area contributed by atoms with Crippen molar-refractivity contribution in [3.8, 4) is 11.3 Å². The van der Waals surface area contributed by atoms with Gasteiger partial charge in [-0.3, -0.25) is 9.36 Å². The van der Waals surface area contributed by atoms with Crippen LogP contribution in [0.3, 0.4) is 0 Å². The Kier molecular flexibility index (Phi) is 5.43. The SMILES string of the molecule is O=c1cc(-c2ccccc2)ncn1CCNS(=O)(=O)c1c(F)cccc1F. The Hall–Kier alpha value is -2.91. The monoisotopic (exact) mass is 391 g/mol. The van der Waals surface area contributed by atoms with Gasteiger partial charge in [0, 0.05) is 24.7 Å². The zero-order valence-electron chi connectivity index (χ0n) is 14.0. The van der Waals surface area contributed by atoms with Gasteiger partial charge in [0.25, 0.3) is 5.56 Å². The molecule has 0 bridgehead atoms. The van der Waals surface area contributed by atoms with Crippen LogP contribution < -0.4 is 10.3 Å². The molecule has 0 aliphatic rings. The molecule has 0 radical (unpaired) electrons. The van der Waals surface area contributed by atoms with E-state index in [4.69, 9.17) is 0 Å². The fraction of sp³-hybridized carbons (Fsp3) is 0.111. The highest BCUT2D eigenvalue weighted by Gasteiger charge is 2.23. The van der Waals surface area contributed by atoms with Gasteiger partial charge in [0.05, 0.1) is 12.0 Å². The summed E-state index contributed by atoms with van der Waals surface area (Å²) in [5, 5.41) is 0. The van der Waals surface area contributed by atoms with Crippen LogP contribution in [-0.4, -0.2) is 24.5 Å². The Balaban J connectivity index is 1.71. The van der Waals surface area contributed by atoms with E-state index in [2.05, 4.69) is 9.71 Å². The van der Waals surface area contributed by atoms with Crippen molar-refractivity contribution >= 4 is 10.0 Å². The van der Waals surface area contributed by atoms with E-state index < -0.39 is 26.6 Å². The summed E-state index contributed by atoms with van der Waals surface area (Å²) < 4.78 is 54.8. The number of hydrogen-bond donors (Lipinski definition) is 1. The lowest BCUT2D eigenvalue weighted by Crippen LogP contribution is -2.31. The van der Waals surface area contributed by atoms with Crippen LogP contribution in [0, 0.1) is 11.6 Å². The molecule has 0 fully saturated rings. The Labute approximate surface area is 154 Å². The highest BCUT2D eigenvalue weighted by Crippen LogP contribution is 2.17. The van der Waals surface area contributed by atoms with Crippen molar-refractivity contribution in [3.63, 3.8) is 0 Å². The molecule has 1 aromatic heterocycles. The molecule has 2 aromatic carbocycles. The number of sulfonamides is 1. The molecule has 3 rings (SSSR count). The molecule has 0 atom stereocenters. The average Bonchev–Trinajstić information content (AvgIpc) is 2.63. The van der Waals surface area contributed by atoms with Crippen molar-refractivity contribution in [2.24, 2.45) is 0 Å². The third kappa shape index (κ3) is 4.26. The molecule has 0 unspecified atom stereocenters. The van der Waals surface area contributed by atoms with Crippen LogP contribution in [0.1, 0.15) is 0 Å². The second kappa shape index (κ2) is 7.77. The first-order chi connectivity index (χ1) is 12.9. The molecular formula is C18H15F2N3O3S. The van der Waals surface area contributed by atoms with Crippen LogP contribution in [0.2, 0.25) is 0 Å². The first-order valence-corrected chi connectivity index (χ1v) is 9.42. The number of aromatic nitrogens is 2.